The van der Waals surface area contributed by atoms with E-state index in [0.717, 1.165) is 18.7 Å². The van der Waals surface area contributed by atoms with Crippen LogP contribution in [-0.2, 0) is 4.79 Å². The number of benzene rings is 1. The van der Waals surface area contributed by atoms with E-state index in [1.54, 1.807) is 4.90 Å². The number of likely N-dealkylation sites (tertiary alicyclic amines) is 1. The van der Waals surface area contributed by atoms with Crippen LogP contribution in [0.3, 0.4) is 0 Å². The van der Waals surface area contributed by atoms with Crippen molar-refractivity contribution in [3.05, 3.63) is 30.3 Å². The van der Waals surface area contributed by atoms with Crippen LogP contribution in [0, 0.1) is 0 Å². The van der Waals surface area contributed by atoms with Crippen LogP contribution in [0.5, 0.6) is 5.75 Å². The molecule has 0 aliphatic carbocycles. The largest absolute Gasteiger partial charge is 0.492 e. The van der Waals surface area contributed by atoms with Gasteiger partial charge >= 0.3 is 0 Å². The van der Waals surface area contributed by atoms with Crippen LogP contribution in [-0.4, -0.2) is 36.5 Å². The number of nitrogens with two attached hydrogens (primary N) is 1. The highest BCUT2D eigenvalue weighted by atomic mass is 16.5. The molecule has 1 atom stereocenters. The number of ether oxygens (including phenoxy) is 1. The molecule has 16 heavy (non-hydrogen) atoms. The molecule has 1 aliphatic heterocycles. The van der Waals surface area contributed by atoms with Gasteiger partial charge in [0, 0.05) is 6.54 Å². The van der Waals surface area contributed by atoms with Crippen LogP contribution in [0.15, 0.2) is 30.3 Å². The molecule has 1 fully saturated rings. The Morgan fingerprint density at radius 1 is 1.38 bits per heavy atom. The quantitative estimate of drug-likeness (QED) is 0.809. The third-order valence-corrected chi connectivity index (χ3v) is 2.71. The summed E-state index contributed by atoms with van der Waals surface area (Å²) in [5.74, 6) is 0.870. The van der Waals surface area contributed by atoms with Crippen LogP contribution in [0.1, 0.15) is 6.42 Å². The molecule has 1 amide bonds. The SMILES string of the molecule is NC1CCN(CCOc2ccccc2)C1=O. The van der Waals surface area contributed by atoms with Crippen LogP contribution in [0.4, 0.5) is 0 Å². The van der Waals surface area contributed by atoms with Crippen molar-refractivity contribution in [1.82, 2.24) is 4.90 Å². The maximum absolute atomic E-state index is 11.5. The summed E-state index contributed by atoms with van der Waals surface area (Å²) in [7, 11) is 0. The van der Waals surface area contributed by atoms with E-state index < -0.39 is 0 Å². The third-order valence-electron chi connectivity index (χ3n) is 2.71. The highest BCUT2D eigenvalue weighted by molar-refractivity contribution is 5.83. The number of carbonyl (C=O) groups is 1. The highest BCUT2D eigenvalue weighted by Gasteiger charge is 2.27. The van der Waals surface area contributed by atoms with Crippen molar-refractivity contribution in [2.45, 2.75) is 12.5 Å². The van der Waals surface area contributed by atoms with E-state index in [9.17, 15) is 4.79 Å². The Hall–Kier alpha value is -1.55. The van der Waals surface area contributed by atoms with Crippen LogP contribution in [0.25, 0.3) is 0 Å². The summed E-state index contributed by atoms with van der Waals surface area (Å²) in [5, 5.41) is 0. The van der Waals surface area contributed by atoms with Gasteiger partial charge < -0.3 is 15.4 Å². The zero-order valence-corrected chi connectivity index (χ0v) is 9.13. The summed E-state index contributed by atoms with van der Waals surface area (Å²) < 4.78 is 5.52. The van der Waals surface area contributed by atoms with Gasteiger partial charge in [0.2, 0.25) is 5.91 Å². The molecule has 0 saturated carbocycles. The number of amides is 1. The van der Waals surface area contributed by atoms with E-state index in [4.69, 9.17) is 10.5 Å². The molecule has 1 aromatic carbocycles. The molecule has 1 aromatic rings. The average molecular weight is 220 g/mol. The van der Waals surface area contributed by atoms with E-state index in [-0.39, 0.29) is 11.9 Å². The zero-order valence-electron chi connectivity index (χ0n) is 9.13. The molecule has 4 nitrogen and oxygen atoms in total. The van der Waals surface area contributed by atoms with Crippen molar-refractivity contribution in [2.24, 2.45) is 5.73 Å². The number of hydrogen-bond donors (Lipinski definition) is 1. The van der Waals surface area contributed by atoms with Crippen molar-refractivity contribution < 1.29 is 9.53 Å². The topological polar surface area (TPSA) is 55.6 Å². The summed E-state index contributed by atoms with van der Waals surface area (Å²) in [6, 6.07) is 9.28. The second-order valence-corrected chi connectivity index (χ2v) is 3.88. The van der Waals surface area contributed by atoms with Crippen LogP contribution < -0.4 is 10.5 Å². The lowest BCUT2D eigenvalue weighted by molar-refractivity contribution is -0.129. The van der Waals surface area contributed by atoms with Gasteiger partial charge in [0.1, 0.15) is 12.4 Å². The first kappa shape index (κ1) is 11.0. The molecule has 86 valence electrons. The first-order valence-electron chi connectivity index (χ1n) is 5.49. The van der Waals surface area contributed by atoms with Gasteiger partial charge in [-0.25, -0.2) is 0 Å². The summed E-state index contributed by atoms with van der Waals surface area (Å²) in [6.07, 6.45) is 0.754. The predicted octanol–water partition coefficient (Wildman–Crippen LogP) is 0.625. The van der Waals surface area contributed by atoms with Gasteiger partial charge in [-0.2, -0.15) is 0 Å². The van der Waals surface area contributed by atoms with Crippen molar-refractivity contribution in [2.75, 3.05) is 19.7 Å². The van der Waals surface area contributed by atoms with Crippen molar-refractivity contribution >= 4 is 5.91 Å². The average Bonchev–Trinajstić information content (AvgIpc) is 2.62. The van der Waals surface area contributed by atoms with E-state index >= 15 is 0 Å². The molecule has 0 aromatic heterocycles. The van der Waals surface area contributed by atoms with Crippen molar-refractivity contribution in [3.8, 4) is 5.75 Å². The molecule has 0 spiro atoms. The monoisotopic (exact) mass is 220 g/mol. The smallest absolute Gasteiger partial charge is 0.239 e. The molecular weight excluding hydrogens is 204 g/mol. The second kappa shape index (κ2) is 4.99. The number of para-hydroxylation sites is 1. The Bertz CT molecular complexity index is 353. The lowest BCUT2D eigenvalue weighted by Gasteiger charge is -2.16. The number of nitrogens with zero attached hydrogens (tertiary/aromatic N) is 1. The number of rotatable bonds is 4. The predicted molar refractivity (Wildman–Crippen MR) is 61.1 cm³/mol. The maximum Gasteiger partial charge on any atom is 0.239 e. The number of hydrogen-bond acceptors (Lipinski definition) is 3. The summed E-state index contributed by atoms with van der Waals surface area (Å²) in [6.45, 7) is 1.88. The Morgan fingerprint density at radius 3 is 2.75 bits per heavy atom. The van der Waals surface area contributed by atoms with Gasteiger partial charge in [0.05, 0.1) is 12.6 Å². The molecule has 1 saturated heterocycles. The maximum atomic E-state index is 11.5. The Morgan fingerprint density at radius 2 is 2.12 bits per heavy atom. The van der Waals surface area contributed by atoms with Crippen molar-refractivity contribution in [1.29, 1.82) is 0 Å². The van der Waals surface area contributed by atoms with Gasteiger partial charge in [0.15, 0.2) is 0 Å². The van der Waals surface area contributed by atoms with E-state index in [1.807, 2.05) is 30.3 Å². The molecule has 1 aliphatic rings. The normalized spacial score (nSPS) is 20.2. The lowest BCUT2D eigenvalue weighted by Crippen LogP contribution is -2.36. The van der Waals surface area contributed by atoms with E-state index in [2.05, 4.69) is 0 Å². The molecule has 1 unspecified atom stereocenters. The molecule has 4 heteroatoms. The Kier molecular flexibility index (Phi) is 3.41. The van der Waals surface area contributed by atoms with Gasteiger partial charge in [-0.15, -0.1) is 0 Å². The van der Waals surface area contributed by atoms with E-state index in [1.165, 1.54) is 0 Å². The second-order valence-electron chi connectivity index (χ2n) is 3.88. The number of carbonyl (C=O) groups excluding carboxylic acids is 1. The summed E-state index contributed by atoms with van der Waals surface area (Å²) >= 11 is 0. The van der Waals surface area contributed by atoms with Gasteiger partial charge in [-0.3, -0.25) is 4.79 Å². The first-order chi connectivity index (χ1) is 7.77. The van der Waals surface area contributed by atoms with Gasteiger partial charge in [-0.1, -0.05) is 18.2 Å². The van der Waals surface area contributed by atoms with Crippen LogP contribution >= 0.6 is 0 Å². The Labute approximate surface area is 95.0 Å². The molecule has 0 bridgehead atoms. The highest BCUT2D eigenvalue weighted by Crippen LogP contribution is 2.10. The fraction of sp³-hybridized carbons (Fsp3) is 0.417. The molecule has 0 radical (unpaired) electrons. The fourth-order valence-electron chi connectivity index (χ4n) is 1.78. The van der Waals surface area contributed by atoms with Gasteiger partial charge in [-0.05, 0) is 18.6 Å². The summed E-state index contributed by atoms with van der Waals surface area (Å²) in [5.41, 5.74) is 5.62. The van der Waals surface area contributed by atoms with Crippen molar-refractivity contribution in [3.63, 3.8) is 0 Å². The molecule has 2 N–H and O–H groups in total. The molecule has 1 heterocycles. The van der Waals surface area contributed by atoms with Gasteiger partial charge in [0.25, 0.3) is 0 Å². The minimum Gasteiger partial charge on any atom is -0.492 e. The summed E-state index contributed by atoms with van der Waals surface area (Å²) in [4.78, 5) is 13.3. The molecule has 2 rings (SSSR count). The minimum absolute atomic E-state index is 0.0386. The Balaban J connectivity index is 1.75. The first-order valence-corrected chi connectivity index (χ1v) is 5.49. The lowest BCUT2D eigenvalue weighted by atomic mass is 10.3. The molecular formula is C12H16N2O2. The van der Waals surface area contributed by atoms with Crippen LogP contribution in [0.2, 0.25) is 0 Å². The zero-order chi connectivity index (χ0) is 11.4. The third kappa shape index (κ3) is 2.52. The minimum atomic E-state index is -0.309. The fourth-order valence-corrected chi connectivity index (χ4v) is 1.78. The standard InChI is InChI=1S/C12H16N2O2/c13-11-6-7-14(12(11)15)8-9-16-10-4-2-1-3-5-10/h1-5,11H,6-9,13H2. The van der Waals surface area contributed by atoms with E-state index in [0.29, 0.717) is 13.2 Å².